The second-order valence-electron chi connectivity index (χ2n) is 8.66. The second-order valence-corrected chi connectivity index (χ2v) is 8.66. The monoisotopic (exact) mass is 463 g/mol. The van der Waals surface area contributed by atoms with E-state index in [-0.39, 0.29) is 45.5 Å². The Hall–Kier alpha value is -4.01. The highest BCUT2D eigenvalue weighted by molar-refractivity contribution is 6.04. The molecule has 0 radical (unpaired) electrons. The van der Waals surface area contributed by atoms with Crippen molar-refractivity contribution in [3.63, 3.8) is 0 Å². The van der Waals surface area contributed by atoms with Gasteiger partial charge in [0.15, 0.2) is 5.82 Å². The standard InChI is InChI=1S/C25H23F2N5O2/c1-12-9-13(10-12)32-24(28)20(25(29)33)22(31-32)16-8-7-15-19(34-2)11-18(30-23(15)21(16)27)14-5-3-4-6-17(14)26/h3-8,11-13H,9-10,28H2,1-2H3,(H2,29,33). The summed E-state index contributed by atoms with van der Waals surface area (Å²) in [6.45, 7) is 2.11. The van der Waals surface area contributed by atoms with E-state index in [1.165, 1.54) is 19.2 Å². The van der Waals surface area contributed by atoms with Crippen LogP contribution in [-0.4, -0.2) is 27.8 Å². The molecule has 4 N–H and O–H groups in total. The van der Waals surface area contributed by atoms with Crippen LogP contribution in [0, 0.1) is 17.6 Å². The van der Waals surface area contributed by atoms with Gasteiger partial charge in [-0.2, -0.15) is 5.10 Å². The highest BCUT2D eigenvalue weighted by Crippen LogP contribution is 2.42. The molecule has 1 fully saturated rings. The number of fused-ring (bicyclic) bond motifs is 1. The molecule has 0 spiro atoms. The lowest BCUT2D eigenvalue weighted by atomic mass is 9.82. The Morgan fingerprint density at radius 2 is 1.88 bits per heavy atom. The van der Waals surface area contributed by atoms with Crippen molar-refractivity contribution in [2.24, 2.45) is 11.7 Å². The highest BCUT2D eigenvalue weighted by Gasteiger charge is 2.33. The minimum absolute atomic E-state index is 0.0243. The Morgan fingerprint density at radius 3 is 2.53 bits per heavy atom. The van der Waals surface area contributed by atoms with Gasteiger partial charge in [-0.25, -0.2) is 18.4 Å². The molecule has 1 saturated carbocycles. The molecular weight excluding hydrogens is 440 g/mol. The zero-order chi connectivity index (χ0) is 24.1. The highest BCUT2D eigenvalue weighted by atomic mass is 19.1. The lowest BCUT2D eigenvalue weighted by Gasteiger charge is -2.33. The summed E-state index contributed by atoms with van der Waals surface area (Å²) in [7, 11) is 1.44. The lowest BCUT2D eigenvalue weighted by molar-refractivity contribution is 0.100. The van der Waals surface area contributed by atoms with Crippen molar-refractivity contribution in [1.82, 2.24) is 14.8 Å². The Morgan fingerprint density at radius 1 is 1.15 bits per heavy atom. The Kier molecular flexibility index (Phi) is 5.19. The maximum absolute atomic E-state index is 16.0. The zero-order valence-electron chi connectivity index (χ0n) is 18.7. The van der Waals surface area contributed by atoms with Crippen molar-refractivity contribution >= 4 is 22.6 Å². The Bertz CT molecular complexity index is 1440. The minimum Gasteiger partial charge on any atom is -0.496 e. The number of methoxy groups -OCH3 is 1. The number of nitrogens with zero attached hydrogens (tertiary/aromatic N) is 3. The fourth-order valence-corrected chi connectivity index (χ4v) is 4.60. The third kappa shape index (κ3) is 3.35. The average Bonchev–Trinajstić information content (AvgIpc) is 3.13. The number of aromatic nitrogens is 3. The summed E-state index contributed by atoms with van der Waals surface area (Å²) in [5.41, 5.74) is 12.3. The summed E-state index contributed by atoms with van der Waals surface area (Å²) >= 11 is 0. The van der Waals surface area contributed by atoms with Crippen molar-refractivity contribution < 1.29 is 18.3 Å². The predicted molar refractivity (Wildman–Crippen MR) is 125 cm³/mol. The number of carbonyl (C=O) groups is 1. The van der Waals surface area contributed by atoms with Gasteiger partial charge in [0.05, 0.1) is 18.8 Å². The van der Waals surface area contributed by atoms with E-state index in [1.54, 1.807) is 35.0 Å². The van der Waals surface area contributed by atoms with Crippen molar-refractivity contribution in [2.75, 3.05) is 12.8 Å². The van der Waals surface area contributed by atoms with Crippen LogP contribution in [0.4, 0.5) is 14.6 Å². The summed E-state index contributed by atoms with van der Waals surface area (Å²) in [4.78, 5) is 16.7. The van der Waals surface area contributed by atoms with E-state index in [0.29, 0.717) is 17.1 Å². The van der Waals surface area contributed by atoms with E-state index in [4.69, 9.17) is 16.2 Å². The number of ether oxygens (including phenoxy) is 1. The summed E-state index contributed by atoms with van der Waals surface area (Å²) in [5, 5.41) is 4.89. The van der Waals surface area contributed by atoms with Gasteiger partial charge in [-0.15, -0.1) is 0 Å². The van der Waals surface area contributed by atoms with Crippen LogP contribution < -0.4 is 16.2 Å². The first kappa shape index (κ1) is 21.8. The first-order valence-corrected chi connectivity index (χ1v) is 10.9. The number of halogens is 2. The summed E-state index contributed by atoms with van der Waals surface area (Å²) in [6, 6.07) is 10.8. The van der Waals surface area contributed by atoms with Gasteiger partial charge in [0, 0.05) is 22.6 Å². The van der Waals surface area contributed by atoms with E-state index in [2.05, 4.69) is 17.0 Å². The number of pyridine rings is 1. The van der Waals surface area contributed by atoms with Gasteiger partial charge in [-0.3, -0.25) is 4.79 Å². The number of hydrogen-bond acceptors (Lipinski definition) is 5. The molecule has 0 aliphatic heterocycles. The van der Waals surface area contributed by atoms with Crippen LogP contribution in [0.2, 0.25) is 0 Å². The number of anilines is 1. The number of nitrogen functional groups attached to an aromatic ring is 1. The molecule has 1 amide bonds. The number of nitrogens with two attached hydrogens (primary N) is 2. The summed E-state index contributed by atoms with van der Waals surface area (Å²) < 4.78 is 37.4. The first-order chi connectivity index (χ1) is 16.3. The quantitative estimate of drug-likeness (QED) is 0.446. The second kappa shape index (κ2) is 8.09. The number of primary amides is 1. The molecule has 34 heavy (non-hydrogen) atoms. The molecule has 174 valence electrons. The van der Waals surface area contributed by atoms with Gasteiger partial charge in [0.2, 0.25) is 0 Å². The number of amides is 1. The topological polar surface area (TPSA) is 109 Å². The minimum atomic E-state index is -0.795. The van der Waals surface area contributed by atoms with Crippen molar-refractivity contribution in [3.05, 3.63) is 59.7 Å². The third-order valence-electron chi connectivity index (χ3n) is 6.40. The smallest absolute Gasteiger partial charge is 0.254 e. The molecule has 4 aromatic rings. The molecule has 2 aromatic carbocycles. The number of benzene rings is 2. The summed E-state index contributed by atoms with van der Waals surface area (Å²) in [6.07, 6.45) is 1.71. The van der Waals surface area contributed by atoms with Crippen molar-refractivity contribution in [2.45, 2.75) is 25.8 Å². The van der Waals surface area contributed by atoms with Crippen LogP contribution in [-0.2, 0) is 0 Å². The normalized spacial score (nSPS) is 17.5. The molecule has 5 rings (SSSR count). The molecule has 1 aliphatic rings. The van der Waals surface area contributed by atoms with E-state index in [1.807, 2.05) is 0 Å². The average molecular weight is 463 g/mol. The van der Waals surface area contributed by atoms with Crippen molar-refractivity contribution in [3.8, 4) is 28.3 Å². The molecule has 2 heterocycles. The van der Waals surface area contributed by atoms with E-state index < -0.39 is 17.5 Å². The number of hydrogen-bond donors (Lipinski definition) is 2. The van der Waals surface area contributed by atoms with Crippen LogP contribution >= 0.6 is 0 Å². The van der Waals surface area contributed by atoms with Crippen LogP contribution in [0.15, 0.2) is 42.5 Å². The molecular formula is C25H23F2N5O2. The number of carbonyl (C=O) groups excluding carboxylic acids is 1. The molecule has 0 bridgehead atoms. The molecule has 0 atom stereocenters. The molecule has 9 heteroatoms. The maximum Gasteiger partial charge on any atom is 0.254 e. The van der Waals surface area contributed by atoms with Gasteiger partial charge >= 0.3 is 0 Å². The van der Waals surface area contributed by atoms with E-state index in [9.17, 15) is 9.18 Å². The van der Waals surface area contributed by atoms with Crippen LogP contribution in [0.1, 0.15) is 36.2 Å². The fourth-order valence-electron chi connectivity index (χ4n) is 4.60. The van der Waals surface area contributed by atoms with Gasteiger partial charge in [-0.05, 0) is 43.0 Å². The molecule has 2 aromatic heterocycles. The van der Waals surface area contributed by atoms with Gasteiger partial charge < -0.3 is 16.2 Å². The number of rotatable bonds is 5. The molecule has 1 aliphatic carbocycles. The van der Waals surface area contributed by atoms with Gasteiger partial charge in [-0.1, -0.05) is 19.1 Å². The van der Waals surface area contributed by atoms with Crippen LogP contribution in [0.25, 0.3) is 33.4 Å². The van der Waals surface area contributed by atoms with Gasteiger partial charge in [0.25, 0.3) is 5.91 Å². The molecule has 0 unspecified atom stereocenters. The molecule has 7 nitrogen and oxygen atoms in total. The predicted octanol–water partition coefficient (Wildman–Crippen LogP) is 4.70. The van der Waals surface area contributed by atoms with E-state index in [0.717, 1.165) is 12.8 Å². The van der Waals surface area contributed by atoms with Crippen LogP contribution in [0.5, 0.6) is 5.75 Å². The zero-order valence-corrected chi connectivity index (χ0v) is 18.7. The summed E-state index contributed by atoms with van der Waals surface area (Å²) in [5.74, 6) is -1.06. The molecule has 0 saturated heterocycles. The Labute approximate surface area is 194 Å². The van der Waals surface area contributed by atoms with Crippen LogP contribution in [0.3, 0.4) is 0 Å². The SMILES string of the molecule is COc1cc(-c2ccccc2F)nc2c(F)c(-c3nn(C4CC(C)C4)c(N)c3C(N)=O)ccc12. The van der Waals surface area contributed by atoms with Gasteiger partial charge in [0.1, 0.15) is 34.2 Å². The van der Waals surface area contributed by atoms with E-state index >= 15 is 4.39 Å². The Balaban J connectivity index is 1.73. The fraction of sp³-hybridized carbons (Fsp3) is 0.240. The first-order valence-electron chi connectivity index (χ1n) is 10.9. The van der Waals surface area contributed by atoms with Crippen molar-refractivity contribution in [1.29, 1.82) is 0 Å². The maximum atomic E-state index is 16.0. The third-order valence-corrected chi connectivity index (χ3v) is 6.40. The largest absolute Gasteiger partial charge is 0.496 e. The lowest BCUT2D eigenvalue weighted by Crippen LogP contribution is -2.27.